The predicted octanol–water partition coefficient (Wildman–Crippen LogP) is 0.411. The van der Waals surface area contributed by atoms with Gasteiger partial charge in [-0.05, 0) is 5.56 Å². The van der Waals surface area contributed by atoms with Gasteiger partial charge in [-0.1, -0.05) is 12.1 Å². The number of nitro benzene ring substituents is 1. The maximum absolute atomic E-state index is 12.7. The second-order valence-electron chi connectivity index (χ2n) is 5.39. The lowest BCUT2D eigenvalue weighted by atomic mass is 9.84. The number of piperazine rings is 1. The zero-order valence-electron chi connectivity index (χ0n) is 11.8. The van der Waals surface area contributed by atoms with Crippen LogP contribution in [0.4, 0.5) is 5.69 Å². The van der Waals surface area contributed by atoms with Crippen LogP contribution in [-0.4, -0.2) is 45.5 Å². The first kappa shape index (κ1) is 14.2. The normalized spacial score (nSPS) is 23.9. The minimum Gasteiger partial charge on any atom is -0.331 e. The Labute approximate surface area is 125 Å². The molecule has 2 heterocycles. The van der Waals surface area contributed by atoms with Crippen LogP contribution in [0, 0.1) is 10.1 Å². The van der Waals surface area contributed by atoms with Crippen molar-refractivity contribution >= 4 is 23.4 Å². The summed E-state index contributed by atoms with van der Waals surface area (Å²) in [5.41, 5.74) is -1.33. The van der Waals surface area contributed by atoms with Crippen molar-refractivity contribution in [1.29, 1.82) is 0 Å². The van der Waals surface area contributed by atoms with Gasteiger partial charge in [0.1, 0.15) is 6.54 Å². The lowest BCUT2D eigenvalue weighted by Gasteiger charge is -2.41. The lowest BCUT2D eigenvalue weighted by molar-refractivity contribution is -0.385. The highest BCUT2D eigenvalue weighted by Crippen LogP contribution is 2.43. The van der Waals surface area contributed by atoms with E-state index in [1.807, 2.05) is 0 Å². The van der Waals surface area contributed by atoms with Gasteiger partial charge in [-0.3, -0.25) is 29.4 Å². The van der Waals surface area contributed by atoms with E-state index in [-0.39, 0.29) is 24.6 Å². The average molecular weight is 303 g/mol. The van der Waals surface area contributed by atoms with Gasteiger partial charge in [0.05, 0.1) is 4.92 Å². The maximum Gasteiger partial charge on any atom is 0.269 e. The number of carbonyl (C=O) groups is 3. The van der Waals surface area contributed by atoms with E-state index < -0.39 is 22.3 Å². The van der Waals surface area contributed by atoms with E-state index in [0.29, 0.717) is 12.1 Å². The molecule has 114 valence electrons. The second kappa shape index (κ2) is 4.62. The number of hydrogen-bond donors (Lipinski definition) is 0. The Morgan fingerprint density at radius 1 is 1.36 bits per heavy atom. The molecule has 0 N–H and O–H groups in total. The average Bonchev–Trinajstić information content (AvgIpc) is 2.69. The second-order valence-corrected chi connectivity index (χ2v) is 5.39. The summed E-state index contributed by atoms with van der Waals surface area (Å²) < 4.78 is 0. The number of imide groups is 1. The summed E-state index contributed by atoms with van der Waals surface area (Å²) in [4.78, 5) is 49.6. The van der Waals surface area contributed by atoms with Gasteiger partial charge in [-0.15, -0.1) is 0 Å². The molecule has 0 saturated carbocycles. The molecule has 0 aromatic heterocycles. The molecule has 3 rings (SSSR count). The molecule has 8 nitrogen and oxygen atoms in total. The molecule has 3 amide bonds. The van der Waals surface area contributed by atoms with Crippen molar-refractivity contribution in [2.45, 2.75) is 18.9 Å². The van der Waals surface area contributed by atoms with Gasteiger partial charge in [0.15, 0.2) is 5.54 Å². The smallest absolute Gasteiger partial charge is 0.269 e. The fraction of sp³-hybridized carbons (Fsp3) is 0.357. The van der Waals surface area contributed by atoms with Crippen molar-refractivity contribution in [2.24, 2.45) is 0 Å². The molecule has 1 aromatic carbocycles. The molecule has 0 radical (unpaired) electrons. The zero-order valence-corrected chi connectivity index (χ0v) is 11.8. The number of nitro groups is 1. The molecule has 2 fully saturated rings. The fourth-order valence-corrected chi connectivity index (χ4v) is 3.29. The molecule has 2 saturated heterocycles. The lowest BCUT2D eigenvalue weighted by Crippen LogP contribution is -2.62. The highest BCUT2D eigenvalue weighted by Gasteiger charge is 2.59. The van der Waals surface area contributed by atoms with Crippen molar-refractivity contribution in [2.75, 3.05) is 13.1 Å². The summed E-state index contributed by atoms with van der Waals surface area (Å²) >= 11 is 0. The monoisotopic (exact) mass is 303 g/mol. The van der Waals surface area contributed by atoms with Crippen molar-refractivity contribution in [3.63, 3.8) is 0 Å². The number of rotatable bonds is 2. The van der Waals surface area contributed by atoms with E-state index >= 15 is 0 Å². The Bertz CT molecular complexity index is 716. The van der Waals surface area contributed by atoms with E-state index in [9.17, 15) is 24.5 Å². The summed E-state index contributed by atoms with van der Waals surface area (Å²) in [7, 11) is 0. The molecule has 1 aromatic rings. The third-order valence-electron chi connectivity index (χ3n) is 4.19. The molecule has 2 bridgehead atoms. The molecule has 2 aliphatic heterocycles. The van der Waals surface area contributed by atoms with Crippen molar-refractivity contribution < 1.29 is 19.3 Å². The molecule has 0 spiro atoms. The minimum absolute atomic E-state index is 0.130. The van der Waals surface area contributed by atoms with Gasteiger partial charge >= 0.3 is 0 Å². The van der Waals surface area contributed by atoms with Gasteiger partial charge in [0, 0.05) is 32.0 Å². The topological polar surface area (TPSA) is 101 Å². The largest absolute Gasteiger partial charge is 0.331 e. The van der Waals surface area contributed by atoms with E-state index in [1.165, 1.54) is 30.0 Å². The third kappa shape index (κ3) is 1.73. The standard InChI is InChI=1S/C14H13N3O5/c1-9(18)16-12(19)8-15-6-5-14(16,13(15)20)10-3-2-4-11(7-10)17(21)22/h2-4,7H,5-6,8H2,1H3. The summed E-state index contributed by atoms with van der Waals surface area (Å²) in [6.45, 7) is 1.43. The highest BCUT2D eigenvalue weighted by atomic mass is 16.6. The van der Waals surface area contributed by atoms with Crippen LogP contribution in [0.25, 0.3) is 0 Å². The summed E-state index contributed by atoms with van der Waals surface area (Å²) in [5.74, 6) is -1.36. The van der Waals surface area contributed by atoms with Gasteiger partial charge in [-0.2, -0.15) is 0 Å². The summed E-state index contributed by atoms with van der Waals surface area (Å²) in [6.07, 6.45) is 0.248. The van der Waals surface area contributed by atoms with Gasteiger partial charge in [-0.25, -0.2) is 0 Å². The number of benzene rings is 1. The Hall–Kier alpha value is -2.77. The fourth-order valence-electron chi connectivity index (χ4n) is 3.29. The van der Waals surface area contributed by atoms with Gasteiger partial charge in [0.2, 0.25) is 11.8 Å². The quantitative estimate of drug-likeness (QED) is 0.582. The van der Waals surface area contributed by atoms with Gasteiger partial charge in [0.25, 0.3) is 11.6 Å². The Balaban J connectivity index is 2.21. The first-order chi connectivity index (χ1) is 10.4. The Kier molecular flexibility index (Phi) is 2.98. The number of amides is 3. The molecule has 8 heteroatoms. The van der Waals surface area contributed by atoms with Gasteiger partial charge < -0.3 is 4.90 Å². The predicted molar refractivity (Wildman–Crippen MR) is 73.5 cm³/mol. The maximum atomic E-state index is 12.7. The van der Waals surface area contributed by atoms with E-state index in [4.69, 9.17) is 0 Å². The summed E-state index contributed by atoms with van der Waals surface area (Å²) in [6, 6.07) is 5.56. The van der Waals surface area contributed by atoms with Crippen molar-refractivity contribution in [1.82, 2.24) is 9.80 Å². The SMILES string of the molecule is CC(=O)N1C(=O)CN2CCC1(c1cccc([N+](=O)[O-])c1)C2=O. The summed E-state index contributed by atoms with van der Waals surface area (Å²) in [5, 5.41) is 11.0. The van der Waals surface area contributed by atoms with Crippen molar-refractivity contribution in [3.05, 3.63) is 39.9 Å². The molecule has 0 aliphatic carbocycles. The number of nitrogens with zero attached hydrogens (tertiary/aromatic N) is 3. The zero-order chi connectivity index (χ0) is 16.1. The molecular formula is C14H13N3O5. The molecule has 2 aliphatic rings. The van der Waals surface area contributed by atoms with Crippen LogP contribution < -0.4 is 0 Å². The van der Waals surface area contributed by atoms with E-state index in [1.54, 1.807) is 6.07 Å². The van der Waals surface area contributed by atoms with E-state index in [0.717, 1.165) is 4.90 Å². The first-order valence-corrected chi connectivity index (χ1v) is 6.76. The third-order valence-corrected chi connectivity index (χ3v) is 4.19. The van der Waals surface area contributed by atoms with Crippen LogP contribution in [0.3, 0.4) is 0 Å². The molecule has 1 atom stereocenters. The number of fused-ring (bicyclic) bond motifs is 2. The Morgan fingerprint density at radius 3 is 2.73 bits per heavy atom. The van der Waals surface area contributed by atoms with Crippen LogP contribution >= 0.6 is 0 Å². The number of non-ortho nitro benzene ring substituents is 1. The molecule has 22 heavy (non-hydrogen) atoms. The van der Waals surface area contributed by atoms with Crippen LogP contribution in [0.5, 0.6) is 0 Å². The minimum atomic E-state index is -1.45. The number of hydrogen-bond acceptors (Lipinski definition) is 5. The number of carbonyl (C=O) groups excluding carboxylic acids is 3. The van der Waals surface area contributed by atoms with Crippen LogP contribution in [0.15, 0.2) is 24.3 Å². The molecular weight excluding hydrogens is 290 g/mol. The van der Waals surface area contributed by atoms with Crippen molar-refractivity contribution in [3.8, 4) is 0 Å². The van der Waals surface area contributed by atoms with E-state index in [2.05, 4.69) is 0 Å². The highest BCUT2D eigenvalue weighted by molar-refractivity contribution is 6.08. The van der Waals surface area contributed by atoms with Crippen LogP contribution in [0.2, 0.25) is 0 Å². The Morgan fingerprint density at radius 2 is 2.09 bits per heavy atom. The first-order valence-electron chi connectivity index (χ1n) is 6.76. The molecule has 1 unspecified atom stereocenters. The van der Waals surface area contributed by atoms with Crippen LogP contribution in [-0.2, 0) is 19.9 Å². The van der Waals surface area contributed by atoms with Crippen LogP contribution in [0.1, 0.15) is 18.9 Å².